The molecule has 3 heterocycles. The van der Waals surface area contributed by atoms with E-state index in [1.807, 2.05) is 0 Å². The van der Waals surface area contributed by atoms with Crippen molar-refractivity contribution in [2.75, 3.05) is 0 Å². The number of halogens is 2. The molecular formula is C18H9Cl2N3O4S2. The normalized spacial score (nSPS) is 14.3. The number of aromatic hydroxyl groups is 1. The predicted molar refractivity (Wildman–Crippen MR) is 115 cm³/mol. The molecule has 0 saturated heterocycles. The largest absolute Gasteiger partial charge is 0.493 e. The van der Waals surface area contributed by atoms with Crippen LogP contribution < -0.4 is 10.8 Å². The lowest BCUT2D eigenvalue weighted by Crippen LogP contribution is -2.02. The van der Waals surface area contributed by atoms with E-state index in [-0.39, 0.29) is 27.6 Å². The molecule has 0 aliphatic carbocycles. The van der Waals surface area contributed by atoms with E-state index in [0.29, 0.717) is 25.3 Å². The Labute approximate surface area is 181 Å². The first kappa shape index (κ1) is 19.6. The molecule has 0 radical (unpaired) electrons. The Hall–Kier alpha value is -2.72. The number of aromatic carboxylic acids is 1. The number of carboxylic acid groups (broad SMARTS) is 1. The number of carboxylic acids is 1. The number of carbonyl (C=O) groups is 1. The SMILES string of the molecule is O=C(O)c1ccc(-n2c(O)c(/C=c3/ccc(=C4N=C(Cl)C(Cl)=N4)o3)sc2=S)cc1. The minimum atomic E-state index is -1.03. The van der Waals surface area contributed by atoms with Crippen molar-refractivity contribution in [1.82, 2.24) is 4.57 Å². The van der Waals surface area contributed by atoms with Crippen molar-refractivity contribution in [1.29, 1.82) is 0 Å². The maximum Gasteiger partial charge on any atom is 0.335 e. The van der Waals surface area contributed by atoms with E-state index in [2.05, 4.69) is 9.98 Å². The van der Waals surface area contributed by atoms with E-state index >= 15 is 0 Å². The first-order valence-electron chi connectivity index (χ1n) is 7.92. The van der Waals surface area contributed by atoms with Gasteiger partial charge in [0.1, 0.15) is 5.42 Å². The number of benzene rings is 1. The van der Waals surface area contributed by atoms with E-state index in [1.165, 1.54) is 28.0 Å². The maximum atomic E-state index is 11.0. The molecule has 1 aromatic carbocycles. The molecule has 7 nitrogen and oxygen atoms in total. The second-order valence-corrected chi connectivity index (χ2v) is 8.11. The molecule has 1 aliphatic rings. The summed E-state index contributed by atoms with van der Waals surface area (Å²) >= 11 is 18.1. The van der Waals surface area contributed by atoms with Crippen molar-refractivity contribution < 1.29 is 19.4 Å². The van der Waals surface area contributed by atoms with Gasteiger partial charge in [0.05, 0.1) is 16.1 Å². The second kappa shape index (κ2) is 7.60. The average molecular weight is 466 g/mol. The molecule has 1 aliphatic heterocycles. The molecule has 0 saturated carbocycles. The Balaban J connectivity index is 1.75. The number of hydrogen-bond donors (Lipinski definition) is 2. The quantitative estimate of drug-likeness (QED) is 0.576. The van der Waals surface area contributed by atoms with Crippen molar-refractivity contribution in [3.05, 3.63) is 61.6 Å². The van der Waals surface area contributed by atoms with Gasteiger partial charge in [-0.2, -0.15) is 0 Å². The summed E-state index contributed by atoms with van der Waals surface area (Å²) in [6, 6.07) is 9.36. The lowest BCUT2D eigenvalue weighted by molar-refractivity contribution is 0.0697. The summed E-state index contributed by atoms with van der Waals surface area (Å²) < 4.78 is 7.52. The topological polar surface area (TPSA) is 100 Å². The van der Waals surface area contributed by atoms with Gasteiger partial charge >= 0.3 is 5.97 Å². The van der Waals surface area contributed by atoms with Gasteiger partial charge in [0.25, 0.3) is 0 Å². The lowest BCUT2D eigenvalue weighted by Gasteiger charge is -2.05. The number of hydrogen-bond acceptors (Lipinski definition) is 7. The van der Waals surface area contributed by atoms with Gasteiger partial charge in [0, 0.05) is 6.08 Å². The molecular weight excluding hydrogens is 457 g/mol. The molecule has 11 heteroatoms. The number of thiazole rings is 1. The fraction of sp³-hybridized carbons (Fsp3) is 0. The van der Waals surface area contributed by atoms with Crippen LogP contribution in [0.4, 0.5) is 0 Å². The third-order valence-corrected chi connectivity index (χ3v) is 5.82. The highest BCUT2D eigenvalue weighted by Gasteiger charge is 2.15. The van der Waals surface area contributed by atoms with Gasteiger partial charge in [-0.25, -0.2) is 14.8 Å². The molecule has 0 amide bonds. The molecule has 0 atom stereocenters. The Morgan fingerprint density at radius 3 is 2.41 bits per heavy atom. The highest BCUT2D eigenvalue weighted by atomic mass is 35.5. The van der Waals surface area contributed by atoms with Crippen LogP contribution in [0.1, 0.15) is 15.2 Å². The van der Waals surface area contributed by atoms with E-state index in [9.17, 15) is 9.90 Å². The zero-order valence-corrected chi connectivity index (χ0v) is 17.3. The van der Waals surface area contributed by atoms with Crippen molar-refractivity contribution in [3.63, 3.8) is 0 Å². The van der Waals surface area contributed by atoms with Crippen LogP contribution in [-0.4, -0.2) is 31.1 Å². The number of rotatable bonds is 3. The number of aromatic nitrogens is 1. The maximum absolute atomic E-state index is 11.0. The summed E-state index contributed by atoms with van der Waals surface area (Å²) in [5.41, 5.74) is 1.50. The number of aliphatic imine (C=N–C) groups is 2. The van der Waals surface area contributed by atoms with Crippen LogP contribution in [0.5, 0.6) is 5.88 Å². The van der Waals surface area contributed by atoms with Crippen LogP contribution in [0.25, 0.3) is 17.6 Å². The number of furan rings is 1. The van der Waals surface area contributed by atoms with E-state index in [1.54, 1.807) is 30.3 Å². The lowest BCUT2D eigenvalue weighted by atomic mass is 10.2. The van der Waals surface area contributed by atoms with Crippen molar-refractivity contribution in [2.45, 2.75) is 0 Å². The third-order valence-electron chi connectivity index (χ3n) is 3.88. The highest BCUT2D eigenvalue weighted by molar-refractivity contribution is 7.73. The van der Waals surface area contributed by atoms with Crippen molar-refractivity contribution >= 4 is 75.0 Å². The highest BCUT2D eigenvalue weighted by Crippen LogP contribution is 2.30. The molecule has 0 bridgehead atoms. The van der Waals surface area contributed by atoms with Crippen LogP contribution in [0.2, 0.25) is 0 Å². The summed E-state index contributed by atoms with van der Waals surface area (Å²) in [6.45, 7) is 0. The zero-order chi connectivity index (χ0) is 20.7. The van der Waals surface area contributed by atoms with E-state index in [4.69, 9.17) is 44.9 Å². The van der Waals surface area contributed by atoms with E-state index in [0.717, 1.165) is 0 Å². The van der Waals surface area contributed by atoms with Gasteiger partial charge in [-0.05, 0) is 48.6 Å². The van der Waals surface area contributed by atoms with Crippen LogP contribution >= 0.6 is 46.8 Å². The molecule has 0 fully saturated rings. The molecule has 0 unspecified atom stereocenters. The fourth-order valence-corrected chi connectivity index (χ4v) is 4.08. The summed E-state index contributed by atoms with van der Waals surface area (Å²) in [5.74, 6) is -0.863. The Morgan fingerprint density at radius 2 is 1.79 bits per heavy atom. The molecule has 2 aromatic heterocycles. The first-order chi connectivity index (χ1) is 13.8. The van der Waals surface area contributed by atoms with Gasteiger partial charge in [0.2, 0.25) is 5.88 Å². The fourth-order valence-electron chi connectivity index (χ4n) is 2.55. The number of nitrogens with zero attached hydrogens (tertiary/aromatic N) is 3. The summed E-state index contributed by atoms with van der Waals surface area (Å²) in [5, 5.41) is 19.8. The van der Waals surface area contributed by atoms with Crippen LogP contribution in [0, 0.1) is 3.95 Å². The average Bonchev–Trinajstić information content (AvgIpc) is 3.35. The summed E-state index contributed by atoms with van der Waals surface area (Å²) in [7, 11) is 0. The van der Waals surface area contributed by atoms with Crippen LogP contribution in [0.3, 0.4) is 0 Å². The van der Waals surface area contributed by atoms with Crippen LogP contribution in [-0.2, 0) is 0 Å². The van der Waals surface area contributed by atoms with Crippen LogP contribution in [0.15, 0.2) is 50.8 Å². The Kier molecular flexibility index (Phi) is 5.13. The molecule has 0 spiro atoms. The molecule has 146 valence electrons. The minimum Gasteiger partial charge on any atom is -0.493 e. The summed E-state index contributed by atoms with van der Waals surface area (Å²) in [6.07, 6.45) is 1.62. The standard InChI is InChI=1S/C18H9Cl2N3O4S2/c19-13-14(20)22-15(21-13)11-6-5-10(27-11)7-12-16(24)23(18(28)29-12)9-3-1-8(2-4-9)17(25)26/h1-7,24H,(H,25,26)/b10-7-. The minimum absolute atomic E-state index is 0.0864. The van der Waals surface area contributed by atoms with Gasteiger partial charge < -0.3 is 14.6 Å². The third kappa shape index (κ3) is 3.77. The Bertz CT molecular complexity index is 1360. The molecule has 4 rings (SSSR count). The monoisotopic (exact) mass is 465 g/mol. The predicted octanol–water partition coefficient (Wildman–Crippen LogP) is 3.45. The zero-order valence-electron chi connectivity index (χ0n) is 14.2. The first-order valence-corrected chi connectivity index (χ1v) is 9.91. The smallest absolute Gasteiger partial charge is 0.335 e. The molecule has 2 N–H and O–H groups in total. The summed E-state index contributed by atoms with van der Waals surface area (Å²) in [4.78, 5) is 19.5. The van der Waals surface area contributed by atoms with E-state index < -0.39 is 5.97 Å². The van der Waals surface area contributed by atoms with Gasteiger partial charge in [-0.3, -0.25) is 4.57 Å². The Morgan fingerprint density at radius 1 is 1.14 bits per heavy atom. The van der Waals surface area contributed by atoms with Gasteiger partial charge in [0.15, 0.2) is 25.5 Å². The molecule has 3 aromatic rings. The van der Waals surface area contributed by atoms with Crippen molar-refractivity contribution in [2.24, 2.45) is 9.98 Å². The van der Waals surface area contributed by atoms with Gasteiger partial charge in [-0.15, -0.1) is 11.3 Å². The molecule has 29 heavy (non-hydrogen) atoms. The second-order valence-electron chi connectivity index (χ2n) is 5.72. The van der Waals surface area contributed by atoms with Gasteiger partial charge in [-0.1, -0.05) is 23.2 Å². The van der Waals surface area contributed by atoms with Crippen molar-refractivity contribution in [3.8, 4) is 11.6 Å².